The molecule has 1 atom stereocenters. The van der Waals surface area contributed by atoms with E-state index in [-0.39, 0.29) is 10.8 Å². The number of nitrogens with zero attached hydrogens (tertiary/aromatic N) is 1. The van der Waals surface area contributed by atoms with Crippen molar-refractivity contribution in [3.8, 4) is 0 Å². The molecule has 1 fully saturated rings. The van der Waals surface area contributed by atoms with Crippen molar-refractivity contribution < 1.29 is 13.2 Å². The second-order valence-corrected chi connectivity index (χ2v) is 7.15. The summed E-state index contributed by atoms with van der Waals surface area (Å²) >= 11 is 3.26. The van der Waals surface area contributed by atoms with E-state index >= 15 is 0 Å². The highest BCUT2D eigenvalue weighted by molar-refractivity contribution is 9.10. The Morgan fingerprint density at radius 2 is 2.21 bits per heavy atom. The second kappa shape index (κ2) is 5.60. The van der Waals surface area contributed by atoms with Gasteiger partial charge in [-0.2, -0.15) is 4.31 Å². The van der Waals surface area contributed by atoms with Crippen molar-refractivity contribution in [1.82, 2.24) is 9.62 Å². The minimum absolute atomic E-state index is 0.206. The summed E-state index contributed by atoms with van der Waals surface area (Å²) < 4.78 is 27.1. The third kappa shape index (κ3) is 2.82. The molecule has 1 aromatic rings. The summed E-state index contributed by atoms with van der Waals surface area (Å²) in [6, 6.07) is 5.92. The molecule has 1 aliphatic heterocycles. The fourth-order valence-electron chi connectivity index (χ4n) is 2.22. The quantitative estimate of drug-likeness (QED) is 0.898. The van der Waals surface area contributed by atoms with Gasteiger partial charge in [0.05, 0.1) is 4.90 Å². The van der Waals surface area contributed by atoms with Crippen molar-refractivity contribution in [2.45, 2.75) is 23.8 Å². The van der Waals surface area contributed by atoms with Gasteiger partial charge >= 0.3 is 0 Å². The van der Waals surface area contributed by atoms with Gasteiger partial charge in [0, 0.05) is 18.1 Å². The molecule has 7 heteroatoms. The summed E-state index contributed by atoms with van der Waals surface area (Å²) in [7, 11) is -2.10. The molecule has 1 unspecified atom stereocenters. The van der Waals surface area contributed by atoms with E-state index in [4.69, 9.17) is 0 Å². The van der Waals surface area contributed by atoms with Crippen LogP contribution in [0.4, 0.5) is 0 Å². The molecular formula is C12H15BrN2O3S. The molecule has 1 aliphatic rings. The van der Waals surface area contributed by atoms with Crippen molar-refractivity contribution in [2.24, 2.45) is 0 Å². The number of benzene rings is 1. The normalized spacial score (nSPS) is 20.4. The number of likely N-dealkylation sites (N-methyl/N-ethyl adjacent to an activating group) is 1. The van der Waals surface area contributed by atoms with Gasteiger partial charge in [-0.3, -0.25) is 4.79 Å². The second-order valence-electron chi connectivity index (χ2n) is 4.35. The summed E-state index contributed by atoms with van der Waals surface area (Å²) in [5, 5.41) is 2.52. The van der Waals surface area contributed by atoms with Crippen molar-refractivity contribution in [3.05, 3.63) is 28.7 Å². The molecule has 0 saturated carbocycles. The molecule has 19 heavy (non-hydrogen) atoms. The Balaban J connectivity index is 2.36. The van der Waals surface area contributed by atoms with E-state index in [1.807, 2.05) is 0 Å². The van der Waals surface area contributed by atoms with Crippen LogP contribution in [0, 0.1) is 0 Å². The average Bonchev–Trinajstić information content (AvgIpc) is 2.87. The Bertz CT molecular complexity index is 588. The van der Waals surface area contributed by atoms with E-state index < -0.39 is 16.1 Å². The first-order valence-corrected chi connectivity index (χ1v) is 8.19. The van der Waals surface area contributed by atoms with Crippen LogP contribution >= 0.6 is 15.9 Å². The van der Waals surface area contributed by atoms with E-state index in [0.29, 0.717) is 23.9 Å². The van der Waals surface area contributed by atoms with Crippen LogP contribution in [0.5, 0.6) is 0 Å². The molecule has 1 N–H and O–H groups in total. The van der Waals surface area contributed by atoms with Crippen molar-refractivity contribution >= 4 is 31.9 Å². The SMILES string of the molecule is CNC(=O)C1CCCN1S(=O)(=O)c1cccc(Br)c1. The smallest absolute Gasteiger partial charge is 0.243 e. The number of sulfonamides is 1. The molecule has 104 valence electrons. The van der Waals surface area contributed by atoms with Crippen LogP contribution in [0.25, 0.3) is 0 Å². The molecule has 5 nitrogen and oxygen atoms in total. The highest BCUT2D eigenvalue weighted by atomic mass is 79.9. The Morgan fingerprint density at radius 3 is 2.84 bits per heavy atom. The maximum atomic E-state index is 12.5. The minimum atomic E-state index is -3.62. The Hall–Kier alpha value is -0.920. The lowest BCUT2D eigenvalue weighted by Gasteiger charge is -2.22. The van der Waals surface area contributed by atoms with E-state index in [1.165, 1.54) is 11.4 Å². The van der Waals surface area contributed by atoms with E-state index in [1.54, 1.807) is 24.3 Å². The van der Waals surface area contributed by atoms with E-state index in [0.717, 1.165) is 0 Å². The predicted molar refractivity (Wildman–Crippen MR) is 75.1 cm³/mol. The van der Waals surface area contributed by atoms with Crippen LogP contribution in [0.3, 0.4) is 0 Å². The number of hydrogen-bond donors (Lipinski definition) is 1. The molecule has 2 rings (SSSR count). The van der Waals surface area contributed by atoms with Crippen LogP contribution in [0.1, 0.15) is 12.8 Å². The van der Waals surface area contributed by atoms with Gasteiger partial charge in [-0.05, 0) is 31.0 Å². The molecule has 0 bridgehead atoms. The number of nitrogens with one attached hydrogen (secondary N) is 1. The molecule has 1 aromatic carbocycles. The topological polar surface area (TPSA) is 66.5 Å². The van der Waals surface area contributed by atoms with Gasteiger partial charge in [0.25, 0.3) is 0 Å². The third-order valence-corrected chi connectivity index (χ3v) is 5.55. The van der Waals surface area contributed by atoms with Gasteiger partial charge in [-0.1, -0.05) is 22.0 Å². The van der Waals surface area contributed by atoms with Gasteiger partial charge < -0.3 is 5.32 Å². The molecule has 1 heterocycles. The number of rotatable bonds is 3. The van der Waals surface area contributed by atoms with Crippen LogP contribution in [-0.4, -0.2) is 38.3 Å². The molecule has 0 aliphatic carbocycles. The fourth-order valence-corrected chi connectivity index (χ4v) is 4.47. The summed E-state index contributed by atoms with van der Waals surface area (Å²) in [4.78, 5) is 11.9. The molecule has 0 radical (unpaired) electrons. The Kier molecular flexibility index (Phi) is 4.27. The predicted octanol–water partition coefficient (Wildman–Crippen LogP) is 1.35. The van der Waals surface area contributed by atoms with E-state index in [9.17, 15) is 13.2 Å². The lowest BCUT2D eigenvalue weighted by atomic mass is 10.2. The number of amides is 1. The first-order valence-electron chi connectivity index (χ1n) is 5.96. The Morgan fingerprint density at radius 1 is 1.47 bits per heavy atom. The zero-order valence-corrected chi connectivity index (χ0v) is 12.9. The average molecular weight is 347 g/mol. The van der Waals surface area contributed by atoms with Crippen LogP contribution in [0.2, 0.25) is 0 Å². The van der Waals surface area contributed by atoms with Crippen LogP contribution in [-0.2, 0) is 14.8 Å². The first kappa shape index (κ1) is 14.5. The highest BCUT2D eigenvalue weighted by Crippen LogP contribution is 2.27. The van der Waals surface area contributed by atoms with Gasteiger partial charge in [0.15, 0.2) is 0 Å². The summed E-state index contributed by atoms with van der Waals surface area (Å²) in [5.74, 6) is -0.254. The van der Waals surface area contributed by atoms with Crippen molar-refractivity contribution in [2.75, 3.05) is 13.6 Å². The van der Waals surface area contributed by atoms with E-state index in [2.05, 4.69) is 21.2 Å². The van der Waals surface area contributed by atoms with Crippen LogP contribution < -0.4 is 5.32 Å². The molecular weight excluding hydrogens is 332 g/mol. The standard InChI is InChI=1S/C12H15BrN2O3S/c1-14-12(16)11-6-3-7-15(11)19(17,18)10-5-2-4-9(13)8-10/h2,4-5,8,11H,3,6-7H2,1H3,(H,14,16). The van der Waals surface area contributed by atoms with Crippen molar-refractivity contribution in [1.29, 1.82) is 0 Å². The highest BCUT2D eigenvalue weighted by Gasteiger charge is 2.38. The maximum absolute atomic E-state index is 12.5. The van der Waals surface area contributed by atoms with Crippen molar-refractivity contribution in [3.63, 3.8) is 0 Å². The Labute approximate surface area is 121 Å². The molecule has 1 saturated heterocycles. The van der Waals surface area contributed by atoms with Gasteiger partial charge in [-0.15, -0.1) is 0 Å². The maximum Gasteiger partial charge on any atom is 0.243 e. The lowest BCUT2D eigenvalue weighted by Crippen LogP contribution is -2.44. The number of hydrogen-bond acceptors (Lipinski definition) is 3. The largest absolute Gasteiger partial charge is 0.358 e. The lowest BCUT2D eigenvalue weighted by molar-refractivity contribution is -0.123. The summed E-state index contributed by atoms with van der Waals surface area (Å²) in [6.07, 6.45) is 1.26. The third-order valence-electron chi connectivity index (χ3n) is 3.16. The number of carbonyl (C=O) groups is 1. The fraction of sp³-hybridized carbons (Fsp3) is 0.417. The van der Waals surface area contributed by atoms with Gasteiger partial charge in [0.2, 0.25) is 15.9 Å². The number of halogens is 1. The van der Waals surface area contributed by atoms with Gasteiger partial charge in [0.1, 0.15) is 6.04 Å². The molecule has 0 aromatic heterocycles. The first-order chi connectivity index (χ1) is 8.96. The minimum Gasteiger partial charge on any atom is -0.358 e. The zero-order chi connectivity index (χ0) is 14.0. The van der Waals surface area contributed by atoms with Crippen LogP contribution in [0.15, 0.2) is 33.6 Å². The van der Waals surface area contributed by atoms with Gasteiger partial charge in [-0.25, -0.2) is 8.42 Å². The summed E-state index contributed by atoms with van der Waals surface area (Å²) in [6.45, 7) is 0.382. The zero-order valence-electron chi connectivity index (χ0n) is 10.5. The molecule has 0 spiro atoms. The number of carbonyl (C=O) groups excluding carboxylic acids is 1. The monoisotopic (exact) mass is 346 g/mol. The summed E-state index contributed by atoms with van der Waals surface area (Å²) in [5.41, 5.74) is 0. The molecule has 1 amide bonds.